The van der Waals surface area contributed by atoms with Crippen LogP contribution in [0.25, 0.3) is 0 Å². The monoisotopic (exact) mass is 628 g/mol. The number of hydrogen-bond donors (Lipinski definition) is 3. The third kappa shape index (κ3) is 7.10. The summed E-state index contributed by atoms with van der Waals surface area (Å²) >= 11 is 5.46. The molecule has 238 valence electrons. The lowest BCUT2D eigenvalue weighted by Crippen LogP contribution is -2.59. The number of carbonyl (C=O) groups is 3. The molecule has 13 heteroatoms. The van der Waals surface area contributed by atoms with Gasteiger partial charge in [0.15, 0.2) is 5.11 Å². The van der Waals surface area contributed by atoms with Crippen molar-refractivity contribution < 1.29 is 33.5 Å². The Labute approximate surface area is 262 Å². The molecule has 4 rings (SSSR count). The zero-order valence-corrected chi connectivity index (χ0v) is 26.3. The van der Waals surface area contributed by atoms with E-state index in [4.69, 9.17) is 26.4 Å². The largest absolute Gasteiger partial charge is 0.465 e. The SMILES string of the molecule is C=C1CC[C@@H]2[C@](C)(COC(C)=O)[C@H](OC(C)=O)CC[C@@]2(C)[C@@H]1C[C@H](NNC(=S)Nc1ccc([N+](=O)[O-])cc1)C1=CCOC1=O. The van der Waals surface area contributed by atoms with Crippen LogP contribution in [0.2, 0.25) is 0 Å². The molecule has 0 aromatic heterocycles. The second-order valence-corrected chi connectivity index (χ2v) is 12.7. The maximum Gasteiger partial charge on any atom is 0.335 e. The third-order valence-electron chi connectivity index (χ3n) is 9.51. The molecule has 0 spiro atoms. The van der Waals surface area contributed by atoms with Crippen molar-refractivity contribution >= 4 is 46.6 Å². The van der Waals surface area contributed by atoms with E-state index in [2.05, 4.69) is 29.7 Å². The van der Waals surface area contributed by atoms with E-state index in [1.54, 1.807) is 18.2 Å². The normalized spacial score (nSPS) is 28.5. The van der Waals surface area contributed by atoms with Gasteiger partial charge in [-0.1, -0.05) is 26.0 Å². The number of ether oxygens (including phenoxy) is 3. The molecule has 1 aromatic rings. The minimum absolute atomic E-state index is 0.0333. The van der Waals surface area contributed by atoms with E-state index < -0.39 is 34.4 Å². The minimum Gasteiger partial charge on any atom is -0.465 e. The fraction of sp³-hybridized carbons (Fsp3) is 0.548. The number of hydrogen-bond acceptors (Lipinski definition) is 10. The number of nitro benzene ring substituents is 1. The van der Waals surface area contributed by atoms with E-state index in [9.17, 15) is 24.5 Å². The van der Waals surface area contributed by atoms with Gasteiger partial charge in [0.25, 0.3) is 5.69 Å². The van der Waals surface area contributed by atoms with E-state index in [0.717, 1.165) is 24.8 Å². The number of carbonyl (C=O) groups excluding carboxylic acids is 3. The average molecular weight is 629 g/mol. The van der Waals surface area contributed by atoms with Gasteiger partial charge in [-0.05, 0) is 79.8 Å². The molecule has 0 saturated heterocycles. The van der Waals surface area contributed by atoms with Crippen LogP contribution in [0.3, 0.4) is 0 Å². The standard InChI is InChI=1S/C31H40N4O8S/c1-18-6-11-26-30(4,14-12-27(43-20(3)37)31(26,5)17-42-19(2)36)24(18)16-25(23-13-15-41-28(23)38)33-34-29(44)32-21-7-9-22(10-8-21)35(39)40/h7-10,13,24-27,33H,1,6,11-12,14-17H2,2-5H3,(H2,32,34,44)/t24-,25+,26+,27-,30+,31+/m1/s1. The van der Waals surface area contributed by atoms with Crippen LogP contribution in [0.4, 0.5) is 11.4 Å². The summed E-state index contributed by atoms with van der Waals surface area (Å²) in [5, 5.41) is 14.2. The summed E-state index contributed by atoms with van der Waals surface area (Å²) in [6.45, 7) is 11.8. The first kappa shape index (κ1) is 33.1. The predicted octanol–water partition coefficient (Wildman–Crippen LogP) is 4.51. The number of benzene rings is 1. The zero-order chi connectivity index (χ0) is 32.2. The Bertz CT molecular complexity index is 1360. The van der Waals surface area contributed by atoms with Gasteiger partial charge in [-0.25, -0.2) is 10.2 Å². The van der Waals surface area contributed by atoms with Gasteiger partial charge < -0.3 is 19.5 Å². The molecule has 3 aliphatic rings. The molecule has 0 unspecified atom stereocenters. The number of fused-ring (bicyclic) bond motifs is 1. The Hall–Kier alpha value is -3.84. The number of nitrogens with zero attached hydrogens (tertiary/aromatic N) is 1. The first-order valence-electron chi connectivity index (χ1n) is 14.7. The van der Waals surface area contributed by atoms with Crippen LogP contribution in [0.5, 0.6) is 0 Å². The summed E-state index contributed by atoms with van der Waals surface area (Å²) in [6, 6.07) is 5.35. The molecular formula is C31H40N4O8S. The lowest BCUT2D eigenvalue weighted by Gasteiger charge is -2.60. The lowest BCUT2D eigenvalue weighted by molar-refractivity contribution is -0.384. The van der Waals surface area contributed by atoms with Gasteiger partial charge in [-0.3, -0.25) is 25.1 Å². The number of non-ortho nitro benzene ring substituents is 1. The molecule has 0 bridgehead atoms. The fourth-order valence-corrected chi connectivity index (χ4v) is 7.57. The summed E-state index contributed by atoms with van der Waals surface area (Å²) in [6.07, 6.45) is 4.72. The second-order valence-electron chi connectivity index (χ2n) is 12.3. The van der Waals surface area contributed by atoms with Gasteiger partial charge in [-0.2, -0.15) is 0 Å². The van der Waals surface area contributed by atoms with Crippen molar-refractivity contribution in [2.75, 3.05) is 18.5 Å². The van der Waals surface area contributed by atoms with E-state index in [1.165, 1.54) is 26.0 Å². The number of rotatable bonds is 10. The van der Waals surface area contributed by atoms with Crippen molar-refractivity contribution in [1.29, 1.82) is 0 Å². The quantitative estimate of drug-likeness (QED) is 0.0833. The Morgan fingerprint density at radius 1 is 1.20 bits per heavy atom. The van der Waals surface area contributed by atoms with Crippen LogP contribution in [0, 0.1) is 32.8 Å². The Morgan fingerprint density at radius 2 is 1.91 bits per heavy atom. The van der Waals surface area contributed by atoms with Crippen LogP contribution >= 0.6 is 12.2 Å². The highest BCUT2D eigenvalue weighted by atomic mass is 32.1. The fourth-order valence-electron chi connectivity index (χ4n) is 7.39. The number of nitrogens with one attached hydrogen (secondary N) is 3. The number of nitro groups is 1. The molecule has 2 saturated carbocycles. The molecule has 12 nitrogen and oxygen atoms in total. The van der Waals surface area contributed by atoms with E-state index in [-0.39, 0.29) is 47.2 Å². The van der Waals surface area contributed by atoms with Gasteiger partial charge in [0, 0.05) is 37.1 Å². The molecule has 2 fully saturated rings. The second kappa shape index (κ2) is 13.4. The Balaban J connectivity index is 1.56. The lowest BCUT2D eigenvalue weighted by atomic mass is 9.46. The van der Waals surface area contributed by atoms with E-state index in [1.807, 2.05) is 6.92 Å². The molecule has 1 aliphatic heterocycles. The molecule has 6 atom stereocenters. The summed E-state index contributed by atoms with van der Waals surface area (Å²) < 4.78 is 16.6. The Kier molecular flexibility index (Phi) is 10.1. The highest BCUT2D eigenvalue weighted by Crippen LogP contribution is 2.62. The first-order chi connectivity index (χ1) is 20.7. The van der Waals surface area contributed by atoms with E-state index >= 15 is 0 Å². The van der Waals surface area contributed by atoms with Crippen molar-refractivity contribution in [2.24, 2.45) is 22.7 Å². The topological polar surface area (TPSA) is 158 Å². The van der Waals surface area contributed by atoms with Crippen LogP contribution in [0.1, 0.15) is 59.8 Å². The number of hydrazine groups is 1. The van der Waals surface area contributed by atoms with Gasteiger partial charge in [-0.15, -0.1) is 0 Å². The molecule has 2 aliphatic carbocycles. The van der Waals surface area contributed by atoms with Crippen LogP contribution in [-0.4, -0.2) is 53.3 Å². The maximum atomic E-state index is 12.7. The number of anilines is 1. The first-order valence-corrected chi connectivity index (χ1v) is 15.1. The highest BCUT2D eigenvalue weighted by Gasteiger charge is 2.60. The van der Waals surface area contributed by atoms with Gasteiger partial charge in [0.2, 0.25) is 0 Å². The smallest absolute Gasteiger partial charge is 0.335 e. The van der Waals surface area contributed by atoms with Crippen molar-refractivity contribution in [3.05, 3.63) is 58.2 Å². The molecular weight excluding hydrogens is 588 g/mol. The van der Waals surface area contributed by atoms with Crippen LogP contribution in [0.15, 0.2) is 48.1 Å². The van der Waals surface area contributed by atoms with E-state index in [0.29, 0.717) is 24.1 Å². The minimum atomic E-state index is -0.619. The molecule has 0 amide bonds. The summed E-state index contributed by atoms with van der Waals surface area (Å²) in [5.74, 6) is -1.19. The van der Waals surface area contributed by atoms with Gasteiger partial charge >= 0.3 is 17.9 Å². The summed E-state index contributed by atoms with van der Waals surface area (Å²) in [5.41, 5.74) is 7.32. The number of cyclic esters (lactones) is 1. The Morgan fingerprint density at radius 3 is 2.50 bits per heavy atom. The predicted molar refractivity (Wildman–Crippen MR) is 166 cm³/mol. The van der Waals surface area contributed by atoms with Crippen molar-refractivity contribution in [3.8, 4) is 0 Å². The zero-order valence-electron chi connectivity index (χ0n) is 25.5. The summed E-state index contributed by atoms with van der Waals surface area (Å²) in [4.78, 5) is 47.1. The van der Waals surface area contributed by atoms with Crippen molar-refractivity contribution in [2.45, 2.75) is 71.9 Å². The van der Waals surface area contributed by atoms with Crippen molar-refractivity contribution in [3.63, 3.8) is 0 Å². The van der Waals surface area contributed by atoms with Gasteiger partial charge in [0.1, 0.15) is 19.3 Å². The molecule has 1 heterocycles. The molecule has 44 heavy (non-hydrogen) atoms. The van der Waals surface area contributed by atoms with Crippen LogP contribution < -0.4 is 16.2 Å². The number of esters is 3. The number of allylic oxidation sites excluding steroid dienone is 1. The highest BCUT2D eigenvalue weighted by molar-refractivity contribution is 7.80. The molecule has 0 radical (unpaired) electrons. The van der Waals surface area contributed by atoms with Crippen LogP contribution in [-0.2, 0) is 28.6 Å². The van der Waals surface area contributed by atoms with Gasteiger partial charge in [0.05, 0.1) is 16.5 Å². The molecule has 3 N–H and O–H groups in total. The number of thiocarbonyl (C=S) groups is 1. The third-order valence-corrected chi connectivity index (χ3v) is 9.71. The average Bonchev–Trinajstić information content (AvgIpc) is 3.38. The summed E-state index contributed by atoms with van der Waals surface area (Å²) in [7, 11) is 0. The van der Waals surface area contributed by atoms with Crippen molar-refractivity contribution in [1.82, 2.24) is 10.9 Å². The molecule has 1 aromatic carbocycles. The maximum absolute atomic E-state index is 12.7.